The molecule has 196 valence electrons. The maximum absolute atomic E-state index is 13.9. The van der Waals surface area contributed by atoms with Crippen LogP contribution in [0.3, 0.4) is 0 Å². The van der Waals surface area contributed by atoms with E-state index in [1.807, 2.05) is 30.3 Å². The van der Waals surface area contributed by atoms with Gasteiger partial charge in [0.1, 0.15) is 0 Å². The summed E-state index contributed by atoms with van der Waals surface area (Å²) in [4.78, 5) is 16.4. The summed E-state index contributed by atoms with van der Waals surface area (Å²) in [6.07, 6.45) is 0. The quantitative estimate of drug-likeness (QED) is 0.118. The topological polar surface area (TPSA) is 17.1 Å². The summed E-state index contributed by atoms with van der Waals surface area (Å²) in [5, 5.41) is 15.2. The minimum absolute atomic E-state index is 0.176. The number of benzene rings is 9. The third kappa shape index (κ3) is 3.42. The molecule has 0 saturated heterocycles. The Bertz CT molecular complexity index is 2280. The third-order valence-corrected chi connectivity index (χ3v) is 11.2. The van der Waals surface area contributed by atoms with Crippen LogP contribution in [0.25, 0.3) is 64.6 Å². The van der Waals surface area contributed by atoms with Gasteiger partial charge in [0.2, 0.25) is 5.78 Å². The highest BCUT2D eigenvalue weighted by Crippen LogP contribution is 2.43. The first-order chi connectivity index (χ1) is 20.7. The Kier molecular flexibility index (Phi) is 5.11. The summed E-state index contributed by atoms with van der Waals surface area (Å²) >= 11 is 0. The highest BCUT2D eigenvalue weighted by Gasteiger charge is 2.34. The lowest BCUT2D eigenvalue weighted by Crippen LogP contribution is -2.18. The SMILES string of the molecule is O=C(C[S+](c1ccc2ccc3cccc4ccc1c2c34)c1ccc2ccc3cccc4ccc1c2c34)c1ccccc1. The summed E-state index contributed by atoms with van der Waals surface area (Å²) in [7, 11) is -0.496. The average molecular weight is 554 g/mol. The lowest BCUT2D eigenvalue weighted by Gasteiger charge is -2.17. The van der Waals surface area contributed by atoms with E-state index in [2.05, 4.69) is 109 Å². The van der Waals surface area contributed by atoms with Gasteiger partial charge in [-0.1, -0.05) is 103 Å². The molecule has 0 aliphatic heterocycles. The van der Waals surface area contributed by atoms with Crippen LogP contribution in [-0.2, 0) is 10.9 Å². The van der Waals surface area contributed by atoms with Crippen LogP contribution in [0.15, 0.2) is 149 Å². The van der Waals surface area contributed by atoms with Crippen molar-refractivity contribution in [3.63, 3.8) is 0 Å². The van der Waals surface area contributed by atoms with Crippen LogP contribution in [-0.4, -0.2) is 11.5 Å². The van der Waals surface area contributed by atoms with Crippen molar-refractivity contribution in [1.82, 2.24) is 0 Å². The summed E-state index contributed by atoms with van der Waals surface area (Å²) in [5.41, 5.74) is 0.769. The van der Waals surface area contributed by atoms with E-state index in [1.165, 1.54) is 74.4 Å². The Hall–Kier alpha value is -4.92. The van der Waals surface area contributed by atoms with Crippen molar-refractivity contribution < 1.29 is 4.79 Å². The molecular weight excluding hydrogens is 529 g/mol. The standard InChI is InChI=1S/C40H25OS/c41-34(25-6-2-1-3-7-25)24-42(35-22-18-30-14-12-26-8-4-10-28-16-20-32(35)39(30)37(26)28)36-23-19-31-15-13-27-9-5-11-29-17-21-33(36)40(31)38(27)29/h1-23H,24H2/q+1. The Labute approximate surface area is 246 Å². The van der Waals surface area contributed by atoms with Gasteiger partial charge >= 0.3 is 0 Å². The van der Waals surface area contributed by atoms with E-state index in [1.54, 1.807) is 0 Å². The molecular formula is C40H25OS+. The molecule has 1 nitrogen and oxygen atoms in total. The van der Waals surface area contributed by atoms with Gasteiger partial charge in [0.25, 0.3) is 0 Å². The zero-order valence-electron chi connectivity index (χ0n) is 22.8. The van der Waals surface area contributed by atoms with E-state index >= 15 is 0 Å². The largest absolute Gasteiger partial charge is 0.289 e. The molecule has 9 rings (SSSR count). The van der Waals surface area contributed by atoms with Gasteiger partial charge in [-0.15, -0.1) is 0 Å². The van der Waals surface area contributed by atoms with Crippen molar-refractivity contribution in [2.24, 2.45) is 0 Å². The van der Waals surface area contributed by atoms with Gasteiger partial charge in [0.15, 0.2) is 15.5 Å². The molecule has 0 aromatic heterocycles. The first-order valence-corrected chi connectivity index (χ1v) is 15.8. The van der Waals surface area contributed by atoms with E-state index in [-0.39, 0.29) is 5.78 Å². The molecule has 0 atom stereocenters. The molecule has 0 N–H and O–H groups in total. The number of rotatable bonds is 5. The molecule has 0 fully saturated rings. The fraction of sp³-hybridized carbons (Fsp3) is 0.0250. The Morgan fingerprint density at radius 3 is 1.29 bits per heavy atom. The third-order valence-electron chi connectivity index (χ3n) is 8.88. The average Bonchev–Trinajstić information content (AvgIpc) is 3.05. The molecule has 0 radical (unpaired) electrons. The molecule has 0 saturated carbocycles. The van der Waals surface area contributed by atoms with E-state index in [0.29, 0.717) is 5.75 Å². The summed E-state index contributed by atoms with van der Waals surface area (Å²) in [5.74, 6) is 0.605. The summed E-state index contributed by atoms with van der Waals surface area (Å²) in [6.45, 7) is 0. The second kappa shape index (κ2) is 9.04. The van der Waals surface area contributed by atoms with Gasteiger partial charge in [-0.25, -0.2) is 0 Å². The predicted molar refractivity (Wildman–Crippen MR) is 180 cm³/mol. The lowest BCUT2D eigenvalue weighted by atomic mass is 9.94. The minimum atomic E-state index is -0.496. The Morgan fingerprint density at radius 2 is 0.810 bits per heavy atom. The molecule has 0 aliphatic rings. The van der Waals surface area contributed by atoms with Crippen LogP contribution < -0.4 is 0 Å². The number of hydrogen-bond donors (Lipinski definition) is 0. The van der Waals surface area contributed by atoms with Crippen molar-refractivity contribution >= 4 is 81.3 Å². The second-order valence-electron chi connectivity index (χ2n) is 11.2. The van der Waals surface area contributed by atoms with Crippen molar-refractivity contribution in [3.8, 4) is 0 Å². The molecule has 2 heteroatoms. The number of hydrogen-bond acceptors (Lipinski definition) is 1. The fourth-order valence-electron chi connectivity index (χ4n) is 6.96. The van der Waals surface area contributed by atoms with Crippen molar-refractivity contribution in [1.29, 1.82) is 0 Å². The molecule has 0 amide bonds. The number of ketones is 1. The van der Waals surface area contributed by atoms with Gasteiger partial charge in [-0.3, -0.25) is 4.79 Å². The normalized spacial score (nSPS) is 12.2. The fourth-order valence-corrected chi connectivity index (χ4v) is 9.27. The first-order valence-electron chi connectivity index (χ1n) is 14.4. The Morgan fingerprint density at radius 1 is 0.405 bits per heavy atom. The highest BCUT2D eigenvalue weighted by atomic mass is 32.2. The number of carbonyl (C=O) groups excluding carboxylic acids is 1. The highest BCUT2D eigenvalue weighted by molar-refractivity contribution is 7.98. The van der Waals surface area contributed by atoms with Gasteiger partial charge in [0.05, 0.1) is 10.9 Å². The van der Waals surface area contributed by atoms with Crippen LogP contribution in [0, 0.1) is 0 Å². The molecule has 9 aromatic rings. The molecule has 0 unspecified atom stereocenters. The van der Waals surface area contributed by atoms with Gasteiger partial charge in [-0.2, -0.15) is 0 Å². The van der Waals surface area contributed by atoms with Crippen molar-refractivity contribution in [2.45, 2.75) is 9.79 Å². The van der Waals surface area contributed by atoms with Gasteiger partial charge < -0.3 is 0 Å². The molecule has 0 bridgehead atoms. The smallest absolute Gasteiger partial charge is 0.212 e. The molecule has 42 heavy (non-hydrogen) atoms. The summed E-state index contributed by atoms with van der Waals surface area (Å²) < 4.78 is 0. The van der Waals surface area contributed by atoms with Crippen LogP contribution in [0.1, 0.15) is 10.4 Å². The zero-order chi connectivity index (χ0) is 27.8. The Balaban J connectivity index is 1.35. The maximum atomic E-state index is 13.9. The van der Waals surface area contributed by atoms with Crippen molar-refractivity contribution in [2.75, 3.05) is 5.75 Å². The van der Waals surface area contributed by atoms with E-state index < -0.39 is 10.9 Å². The van der Waals surface area contributed by atoms with E-state index in [9.17, 15) is 4.79 Å². The van der Waals surface area contributed by atoms with Crippen LogP contribution in [0.5, 0.6) is 0 Å². The van der Waals surface area contributed by atoms with Crippen LogP contribution in [0.4, 0.5) is 0 Å². The minimum Gasteiger partial charge on any atom is -0.289 e. The molecule has 9 aromatic carbocycles. The van der Waals surface area contributed by atoms with Crippen LogP contribution >= 0.6 is 0 Å². The molecule has 0 aliphatic carbocycles. The summed E-state index contributed by atoms with van der Waals surface area (Å²) in [6, 6.07) is 49.9. The lowest BCUT2D eigenvalue weighted by molar-refractivity contribution is 0.102. The number of Topliss-reactive ketones (excluding diaryl/α,β-unsaturated/α-hetero) is 1. The zero-order valence-corrected chi connectivity index (χ0v) is 23.6. The molecule has 0 spiro atoms. The van der Waals surface area contributed by atoms with Gasteiger partial charge in [-0.05, 0) is 79.5 Å². The van der Waals surface area contributed by atoms with E-state index in [4.69, 9.17) is 0 Å². The molecule has 0 heterocycles. The van der Waals surface area contributed by atoms with Crippen LogP contribution in [0.2, 0.25) is 0 Å². The monoisotopic (exact) mass is 553 g/mol. The maximum Gasteiger partial charge on any atom is 0.212 e. The van der Waals surface area contributed by atoms with Gasteiger partial charge in [0, 0.05) is 27.1 Å². The van der Waals surface area contributed by atoms with E-state index in [0.717, 1.165) is 5.56 Å². The second-order valence-corrected chi connectivity index (χ2v) is 13.1. The van der Waals surface area contributed by atoms with Crippen molar-refractivity contribution in [3.05, 3.63) is 145 Å². The number of carbonyl (C=O) groups is 1. The first kappa shape index (κ1) is 23.8. The predicted octanol–water partition coefficient (Wildman–Crippen LogP) is 10.4.